The minimum atomic E-state index is -0.0616. The third-order valence-corrected chi connectivity index (χ3v) is 6.84. The van der Waals surface area contributed by atoms with Gasteiger partial charge in [-0.15, -0.1) is 11.3 Å². The van der Waals surface area contributed by atoms with E-state index >= 15 is 0 Å². The van der Waals surface area contributed by atoms with Gasteiger partial charge in [0.15, 0.2) is 0 Å². The first-order valence-corrected chi connectivity index (χ1v) is 12.5. The lowest BCUT2D eigenvalue weighted by atomic mass is 10.2. The Morgan fingerprint density at radius 1 is 0.971 bits per heavy atom. The zero-order valence-corrected chi connectivity index (χ0v) is 20.7. The normalized spacial score (nSPS) is 14.6. The number of benzene rings is 2. The van der Waals surface area contributed by atoms with E-state index in [9.17, 15) is 9.59 Å². The summed E-state index contributed by atoms with van der Waals surface area (Å²) in [6.07, 6.45) is 0.271. The molecule has 0 aliphatic carbocycles. The van der Waals surface area contributed by atoms with Gasteiger partial charge in [0.2, 0.25) is 11.8 Å². The number of halogens is 1. The van der Waals surface area contributed by atoms with Gasteiger partial charge in [0, 0.05) is 43.8 Å². The van der Waals surface area contributed by atoms with Gasteiger partial charge in [0.1, 0.15) is 5.01 Å². The topological polar surface area (TPSA) is 77.6 Å². The third kappa shape index (κ3) is 7.11. The van der Waals surface area contributed by atoms with Gasteiger partial charge in [-0.2, -0.15) is 0 Å². The van der Waals surface area contributed by atoms with Gasteiger partial charge in [0.25, 0.3) is 0 Å². The second-order valence-corrected chi connectivity index (χ2v) is 9.75. The Balaban J connectivity index is 1.19. The Morgan fingerprint density at radius 2 is 1.68 bits per heavy atom. The molecule has 1 aliphatic rings. The fraction of sp³-hybridized carbons (Fsp3) is 0.320. The molecule has 7 nitrogen and oxygen atoms in total. The maximum absolute atomic E-state index is 12.4. The van der Waals surface area contributed by atoms with Crippen molar-refractivity contribution in [2.75, 3.05) is 43.4 Å². The molecule has 0 bridgehead atoms. The molecule has 0 spiro atoms. The van der Waals surface area contributed by atoms with Crippen molar-refractivity contribution in [2.24, 2.45) is 0 Å². The molecule has 2 N–H and O–H groups in total. The second-order valence-electron chi connectivity index (χ2n) is 8.40. The number of aromatic nitrogens is 1. The van der Waals surface area contributed by atoms with E-state index < -0.39 is 0 Å². The van der Waals surface area contributed by atoms with Crippen LogP contribution in [0.25, 0.3) is 0 Å². The van der Waals surface area contributed by atoms with Crippen LogP contribution in [0.3, 0.4) is 0 Å². The highest BCUT2D eigenvalue weighted by molar-refractivity contribution is 7.09. The van der Waals surface area contributed by atoms with Crippen LogP contribution < -0.4 is 10.6 Å². The summed E-state index contributed by atoms with van der Waals surface area (Å²) in [5.41, 5.74) is 3.57. The average Bonchev–Trinajstić information content (AvgIpc) is 3.24. The molecule has 1 aromatic heterocycles. The van der Waals surface area contributed by atoms with Crippen LogP contribution in [0.1, 0.15) is 16.3 Å². The summed E-state index contributed by atoms with van der Waals surface area (Å²) in [6, 6.07) is 15.0. The number of para-hydroxylation sites is 1. The van der Waals surface area contributed by atoms with Crippen molar-refractivity contribution >= 4 is 46.1 Å². The van der Waals surface area contributed by atoms with E-state index in [0.717, 1.165) is 54.7 Å². The highest BCUT2D eigenvalue weighted by atomic mass is 35.5. The van der Waals surface area contributed by atoms with Gasteiger partial charge >= 0.3 is 0 Å². The predicted octanol–water partition coefficient (Wildman–Crippen LogP) is 4.04. The summed E-state index contributed by atoms with van der Waals surface area (Å²) >= 11 is 7.63. The monoisotopic (exact) mass is 497 g/mol. The second kappa shape index (κ2) is 11.6. The maximum Gasteiger partial charge on any atom is 0.238 e. The van der Waals surface area contributed by atoms with Crippen LogP contribution in [0.15, 0.2) is 53.9 Å². The third-order valence-electron chi connectivity index (χ3n) is 5.61. The number of hydrogen-bond donors (Lipinski definition) is 2. The molecular weight excluding hydrogens is 470 g/mol. The largest absolute Gasteiger partial charge is 0.326 e. The number of carbonyl (C=O) groups is 2. The molecule has 0 atom stereocenters. The van der Waals surface area contributed by atoms with Crippen molar-refractivity contribution < 1.29 is 9.59 Å². The standard InChI is InChI=1S/C25H28ClN5O2S/c1-18-6-8-19(9-7-18)27-23(32)14-25-28-20(17-34-25)15-30-10-12-31(13-11-30)16-24(33)29-22-5-3-2-4-21(22)26/h2-9,17H,10-16H2,1H3,(H,27,32)(H,29,33). The number of hydrogen-bond acceptors (Lipinski definition) is 6. The summed E-state index contributed by atoms with van der Waals surface area (Å²) in [5.74, 6) is -0.122. The fourth-order valence-corrected chi connectivity index (χ4v) is 4.74. The first-order chi connectivity index (χ1) is 16.4. The molecule has 34 heavy (non-hydrogen) atoms. The Bertz CT molecular complexity index is 1130. The van der Waals surface area contributed by atoms with Crippen LogP contribution in [0, 0.1) is 6.92 Å². The van der Waals surface area contributed by atoms with Gasteiger partial charge < -0.3 is 10.6 Å². The smallest absolute Gasteiger partial charge is 0.238 e. The number of aryl methyl sites for hydroxylation is 1. The lowest BCUT2D eigenvalue weighted by Crippen LogP contribution is -2.48. The number of thiazole rings is 1. The lowest BCUT2D eigenvalue weighted by molar-refractivity contribution is -0.118. The molecule has 178 valence electrons. The molecule has 2 amide bonds. The van der Waals surface area contributed by atoms with E-state index in [2.05, 4.69) is 25.4 Å². The lowest BCUT2D eigenvalue weighted by Gasteiger charge is -2.33. The van der Waals surface area contributed by atoms with Crippen molar-refractivity contribution in [1.29, 1.82) is 0 Å². The van der Waals surface area contributed by atoms with Crippen LogP contribution in [0.2, 0.25) is 5.02 Å². The van der Waals surface area contributed by atoms with Crippen LogP contribution in [-0.4, -0.2) is 59.3 Å². The molecule has 1 aliphatic heterocycles. The summed E-state index contributed by atoms with van der Waals surface area (Å²) in [6.45, 7) is 6.45. The van der Waals surface area contributed by atoms with Gasteiger partial charge in [-0.25, -0.2) is 4.98 Å². The van der Waals surface area contributed by atoms with Crippen LogP contribution >= 0.6 is 22.9 Å². The van der Waals surface area contributed by atoms with E-state index in [0.29, 0.717) is 17.3 Å². The Morgan fingerprint density at radius 3 is 2.41 bits per heavy atom. The van der Waals surface area contributed by atoms with Crippen LogP contribution in [-0.2, 0) is 22.6 Å². The summed E-state index contributed by atoms with van der Waals surface area (Å²) in [7, 11) is 0. The minimum absolute atomic E-state index is 0.0605. The average molecular weight is 498 g/mol. The van der Waals surface area contributed by atoms with Crippen molar-refractivity contribution in [1.82, 2.24) is 14.8 Å². The molecule has 3 aromatic rings. The van der Waals surface area contributed by atoms with E-state index in [1.165, 1.54) is 11.3 Å². The number of anilines is 2. The molecule has 1 saturated heterocycles. The number of nitrogens with zero attached hydrogens (tertiary/aromatic N) is 3. The fourth-order valence-electron chi connectivity index (χ4n) is 3.77. The molecule has 2 aromatic carbocycles. The number of nitrogens with one attached hydrogen (secondary N) is 2. The SMILES string of the molecule is Cc1ccc(NC(=O)Cc2nc(CN3CCN(CC(=O)Nc4ccccc4Cl)CC3)cs2)cc1. The first-order valence-electron chi connectivity index (χ1n) is 11.2. The highest BCUT2D eigenvalue weighted by Gasteiger charge is 2.20. The van der Waals surface area contributed by atoms with Gasteiger partial charge in [0.05, 0.1) is 29.4 Å². The van der Waals surface area contributed by atoms with E-state index in [-0.39, 0.29) is 18.2 Å². The number of rotatable bonds is 8. The van der Waals surface area contributed by atoms with Crippen molar-refractivity contribution in [2.45, 2.75) is 19.9 Å². The maximum atomic E-state index is 12.4. The van der Waals surface area contributed by atoms with E-state index in [1.54, 1.807) is 12.1 Å². The first kappa shape index (κ1) is 24.3. The summed E-state index contributed by atoms with van der Waals surface area (Å²) < 4.78 is 0. The highest BCUT2D eigenvalue weighted by Crippen LogP contribution is 2.20. The molecule has 1 fully saturated rings. The zero-order chi connectivity index (χ0) is 23.9. The number of carbonyl (C=O) groups excluding carboxylic acids is 2. The van der Waals surface area contributed by atoms with Crippen molar-refractivity contribution in [3.8, 4) is 0 Å². The minimum Gasteiger partial charge on any atom is -0.326 e. The molecule has 2 heterocycles. The Labute approximate surface area is 208 Å². The van der Waals surface area contributed by atoms with Gasteiger partial charge in [-0.05, 0) is 31.2 Å². The number of amides is 2. The quantitative estimate of drug-likeness (QED) is 0.491. The zero-order valence-electron chi connectivity index (χ0n) is 19.1. The van der Waals surface area contributed by atoms with Gasteiger partial charge in [-0.1, -0.05) is 41.4 Å². The molecule has 9 heteroatoms. The van der Waals surface area contributed by atoms with Crippen molar-refractivity contribution in [3.05, 3.63) is 75.2 Å². The van der Waals surface area contributed by atoms with Gasteiger partial charge in [-0.3, -0.25) is 19.4 Å². The summed E-state index contributed by atoms with van der Waals surface area (Å²) in [4.78, 5) is 33.8. The van der Waals surface area contributed by atoms with Crippen LogP contribution in [0.4, 0.5) is 11.4 Å². The summed E-state index contributed by atoms with van der Waals surface area (Å²) in [5, 5.41) is 9.17. The molecule has 0 radical (unpaired) electrons. The van der Waals surface area contributed by atoms with Crippen LogP contribution in [0.5, 0.6) is 0 Å². The van der Waals surface area contributed by atoms with E-state index in [4.69, 9.17) is 11.6 Å². The number of piperazine rings is 1. The molecule has 0 saturated carbocycles. The Kier molecular flexibility index (Phi) is 8.29. The van der Waals surface area contributed by atoms with E-state index in [1.807, 2.05) is 48.7 Å². The predicted molar refractivity (Wildman–Crippen MR) is 137 cm³/mol. The molecule has 0 unspecified atom stereocenters. The van der Waals surface area contributed by atoms with Crippen molar-refractivity contribution in [3.63, 3.8) is 0 Å². The Hall–Kier alpha value is -2.78. The molecular formula is C25H28ClN5O2S. The molecule has 4 rings (SSSR count).